The third-order valence-corrected chi connectivity index (χ3v) is 3.74. The molecule has 0 unspecified atom stereocenters. The van der Waals surface area contributed by atoms with Crippen LogP contribution in [0.25, 0.3) is 0 Å². The molecule has 0 radical (unpaired) electrons. The van der Waals surface area contributed by atoms with Gasteiger partial charge in [0.1, 0.15) is 0 Å². The van der Waals surface area contributed by atoms with Gasteiger partial charge in [-0.25, -0.2) is 0 Å². The second kappa shape index (κ2) is 5.74. The predicted octanol–water partition coefficient (Wildman–Crippen LogP) is 3.29. The van der Waals surface area contributed by atoms with Gasteiger partial charge in [0.15, 0.2) is 0 Å². The van der Waals surface area contributed by atoms with Gasteiger partial charge in [-0.15, -0.1) is 0 Å². The van der Waals surface area contributed by atoms with E-state index >= 15 is 0 Å². The lowest BCUT2D eigenvalue weighted by Gasteiger charge is -2.38. The summed E-state index contributed by atoms with van der Waals surface area (Å²) in [5.41, 5.74) is -0.103. The van der Waals surface area contributed by atoms with Crippen LogP contribution in [0.2, 0.25) is 0 Å². The summed E-state index contributed by atoms with van der Waals surface area (Å²) in [6, 6.07) is 0. The van der Waals surface area contributed by atoms with Crippen molar-refractivity contribution >= 4 is 21.9 Å². The molecule has 0 aromatic heterocycles. The zero-order chi connectivity index (χ0) is 10.4. The fraction of sp³-hybridized carbons (Fsp3) is 0.909. The number of halogens is 1. The fourth-order valence-corrected chi connectivity index (χ4v) is 2.22. The van der Waals surface area contributed by atoms with Crippen LogP contribution in [-0.4, -0.2) is 17.9 Å². The van der Waals surface area contributed by atoms with E-state index in [1.54, 1.807) is 0 Å². The number of hydrogen-bond donors (Lipinski definition) is 0. The molecular formula is C11H19BrO2. The van der Waals surface area contributed by atoms with E-state index < -0.39 is 0 Å². The third-order valence-electron chi connectivity index (χ3n) is 3.18. The van der Waals surface area contributed by atoms with E-state index in [2.05, 4.69) is 22.9 Å². The standard InChI is InChI=1S/C11H19BrO2/c1-2-11(6-5-7-11)10(13)14-9-4-3-8-12/h2-9H2,1H3. The van der Waals surface area contributed by atoms with Crippen molar-refractivity contribution in [3.63, 3.8) is 0 Å². The average molecular weight is 263 g/mol. The fourth-order valence-electron chi connectivity index (χ4n) is 1.82. The molecule has 1 fully saturated rings. The summed E-state index contributed by atoms with van der Waals surface area (Å²) in [7, 11) is 0. The van der Waals surface area contributed by atoms with Gasteiger partial charge in [-0.2, -0.15) is 0 Å². The number of ether oxygens (including phenoxy) is 1. The van der Waals surface area contributed by atoms with Gasteiger partial charge < -0.3 is 4.74 Å². The monoisotopic (exact) mass is 262 g/mol. The van der Waals surface area contributed by atoms with Gasteiger partial charge in [-0.3, -0.25) is 4.79 Å². The number of carbonyl (C=O) groups excluding carboxylic acids is 1. The van der Waals surface area contributed by atoms with Gasteiger partial charge in [-0.1, -0.05) is 29.3 Å². The molecule has 0 aromatic rings. The Morgan fingerprint density at radius 1 is 1.43 bits per heavy atom. The molecule has 1 rings (SSSR count). The molecular weight excluding hydrogens is 244 g/mol. The van der Waals surface area contributed by atoms with Crippen molar-refractivity contribution in [2.75, 3.05) is 11.9 Å². The van der Waals surface area contributed by atoms with Crippen molar-refractivity contribution in [1.29, 1.82) is 0 Å². The van der Waals surface area contributed by atoms with E-state index in [9.17, 15) is 4.79 Å². The summed E-state index contributed by atoms with van der Waals surface area (Å²) in [6.07, 6.45) is 6.22. The summed E-state index contributed by atoms with van der Waals surface area (Å²) < 4.78 is 5.28. The van der Waals surface area contributed by atoms with Crippen LogP contribution in [0.3, 0.4) is 0 Å². The second-order valence-electron chi connectivity index (χ2n) is 4.02. The Kier molecular flexibility index (Phi) is 4.93. The SMILES string of the molecule is CCC1(C(=O)OCCCCBr)CCC1. The Morgan fingerprint density at radius 3 is 2.57 bits per heavy atom. The van der Waals surface area contributed by atoms with E-state index in [-0.39, 0.29) is 11.4 Å². The highest BCUT2D eigenvalue weighted by atomic mass is 79.9. The molecule has 3 heteroatoms. The van der Waals surface area contributed by atoms with Crippen molar-refractivity contribution in [1.82, 2.24) is 0 Å². The molecule has 0 spiro atoms. The smallest absolute Gasteiger partial charge is 0.312 e. The number of unbranched alkanes of at least 4 members (excludes halogenated alkanes) is 1. The quantitative estimate of drug-likeness (QED) is 0.417. The molecule has 1 aliphatic rings. The van der Waals surface area contributed by atoms with Gasteiger partial charge in [-0.05, 0) is 32.1 Å². The second-order valence-corrected chi connectivity index (χ2v) is 4.81. The molecule has 0 bridgehead atoms. The molecule has 1 aliphatic carbocycles. The molecule has 0 aromatic carbocycles. The molecule has 0 atom stereocenters. The Hall–Kier alpha value is -0.0500. The first-order chi connectivity index (χ1) is 6.75. The van der Waals surface area contributed by atoms with E-state index in [4.69, 9.17) is 4.74 Å². The zero-order valence-electron chi connectivity index (χ0n) is 8.85. The molecule has 82 valence electrons. The van der Waals surface area contributed by atoms with Crippen LogP contribution in [0.4, 0.5) is 0 Å². The van der Waals surface area contributed by atoms with Crippen LogP contribution in [0, 0.1) is 5.41 Å². The summed E-state index contributed by atoms with van der Waals surface area (Å²) in [5, 5.41) is 0.990. The molecule has 14 heavy (non-hydrogen) atoms. The number of rotatable bonds is 6. The van der Waals surface area contributed by atoms with Crippen LogP contribution in [0.1, 0.15) is 45.4 Å². The van der Waals surface area contributed by atoms with Gasteiger partial charge in [0, 0.05) is 5.33 Å². The summed E-state index contributed by atoms with van der Waals surface area (Å²) in [4.78, 5) is 11.7. The topological polar surface area (TPSA) is 26.3 Å². The summed E-state index contributed by atoms with van der Waals surface area (Å²) in [6.45, 7) is 2.67. The van der Waals surface area contributed by atoms with Gasteiger partial charge >= 0.3 is 5.97 Å². The lowest BCUT2D eigenvalue weighted by atomic mass is 9.67. The Balaban J connectivity index is 2.20. The lowest BCUT2D eigenvalue weighted by molar-refractivity contribution is -0.162. The molecule has 2 nitrogen and oxygen atoms in total. The van der Waals surface area contributed by atoms with Crippen molar-refractivity contribution < 1.29 is 9.53 Å². The molecule has 0 saturated heterocycles. The normalized spacial score (nSPS) is 18.7. The third kappa shape index (κ3) is 2.72. The van der Waals surface area contributed by atoms with Crippen molar-refractivity contribution in [2.24, 2.45) is 5.41 Å². The van der Waals surface area contributed by atoms with Crippen molar-refractivity contribution in [3.05, 3.63) is 0 Å². The maximum atomic E-state index is 11.7. The molecule has 0 amide bonds. The molecule has 0 aliphatic heterocycles. The number of esters is 1. The number of carbonyl (C=O) groups is 1. The highest BCUT2D eigenvalue weighted by Gasteiger charge is 2.43. The largest absolute Gasteiger partial charge is 0.465 e. The number of hydrogen-bond acceptors (Lipinski definition) is 2. The molecule has 1 saturated carbocycles. The van der Waals surface area contributed by atoms with Gasteiger partial charge in [0.25, 0.3) is 0 Å². The first-order valence-corrected chi connectivity index (χ1v) is 6.60. The van der Waals surface area contributed by atoms with E-state index in [0.29, 0.717) is 6.61 Å². The van der Waals surface area contributed by atoms with Crippen molar-refractivity contribution in [2.45, 2.75) is 45.4 Å². The minimum Gasteiger partial charge on any atom is -0.465 e. The highest BCUT2D eigenvalue weighted by molar-refractivity contribution is 9.09. The van der Waals surface area contributed by atoms with Crippen LogP contribution < -0.4 is 0 Å². The number of alkyl halides is 1. The van der Waals surface area contributed by atoms with E-state index in [1.165, 1.54) is 6.42 Å². The predicted molar refractivity (Wildman–Crippen MR) is 60.6 cm³/mol. The Morgan fingerprint density at radius 2 is 2.14 bits per heavy atom. The van der Waals surface area contributed by atoms with Crippen LogP contribution in [0.5, 0.6) is 0 Å². The minimum atomic E-state index is -0.103. The summed E-state index contributed by atoms with van der Waals surface area (Å²) in [5.74, 6) is 0.0424. The minimum absolute atomic E-state index is 0.0424. The van der Waals surface area contributed by atoms with Crippen LogP contribution in [0.15, 0.2) is 0 Å². The van der Waals surface area contributed by atoms with Crippen molar-refractivity contribution in [3.8, 4) is 0 Å². The highest BCUT2D eigenvalue weighted by Crippen LogP contribution is 2.44. The Bertz CT molecular complexity index is 182. The maximum Gasteiger partial charge on any atom is 0.312 e. The van der Waals surface area contributed by atoms with E-state index in [1.807, 2.05) is 0 Å². The first-order valence-electron chi connectivity index (χ1n) is 5.48. The molecule has 0 N–H and O–H groups in total. The van der Waals surface area contributed by atoms with Crippen LogP contribution >= 0.6 is 15.9 Å². The van der Waals surface area contributed by atoms with E-state index in [0.717, 1.165) is 37.4 Å². The Labute approximate surface area is 94.5 Å². The lowest BCUT2D eigenvalue weighted by Crippen LogP contribution is -2.38. The summed E-state index contributed by atoms with van der Waals surface area (Å²) >= 11 is 3.35. The average Bonchev–Trinajstić information content (AvgIpc) is 2.12. The van der Waals surface area contributed by atoms with Gasteiger partial charge in [0.05, 0.1) is 12.0 Å². The zero-order valence-corrected chi connectivity index (χ0v) is 10.4. The van der Waals surface area contributed by atoms with Gasteiger partial charge in [0.2, 0.25) is 0 Å². The first kappa shape index (κ1) is 12.0. The van der Waals surface area contributed by atoms with Crippen LogP contribution in [-0.2, 0) is 9.53 Å². The maximum absolute atomic E-state index is 11.7. The molecule has 0 heterocycles.